The molecule has 0 aromatic carbocycles. The van der Waals surface area contributed by atoms with E-state index in [1.807, 2.05) is 0 Å². The lowest BCUT2D eigenvalue weighted by atomic mass is 10.3. The van der Waals surface area contributed by atoms with E-state index >= 15 is 0 Å². The van der Waals surface area contributed by atoms with Crippen LogP contribution in [0.4, 0.5) is 0 Å². The summed E-state index contributed by atoms with van der Waals surface area (Å²) < 4.78 is 1.43. The molecule has 0 saturated carbocycles. The van der Waals surface area contributed by atoms with Crippen molar-refractivity contribution in [1.29, 1.82) is 0 Å². The molecule has 2 N–H and O–H groups in total. The van der Waals surface area contributed by atoms with Gasteiger partial charge in [0.15, 0.2) is 0 Å². The molecule has 0 aliphatic carbocycles. The Morgan fingerprint density at radius 3 is 3.06 bits per heavy atom. The quantitative estimate of drug-likeness (QED) is 0.768. The molecule has 0 spiro atoms. The van der Waals surface area contributed by atoms with Gasteiger partial charge in [0, 0.05) is 18.8 Å². The van der Waals surface area contributed by atoms with Crippen LogP contribution in [0.5, 0.6) is 0 Å². The topological polar surface area (TPSA) is 83.7 Å². The number of nitrogens with zero attached hydrogens (tertiary/aromatic N) is 2. The molecule has 2 heterocycles. The van der Waals surface area contributed by atoms with Gasteiger partial charge in [0.05, 0.1) is 12.2 Å². The molecule has 0 aliphatic rings. The monoisotopic (exact) mass is 233 g/mol. The molecule has 6 heteroatoms. The Morgan fingerprint density at radius 1 is 1.47 bits per heavy atom. The summed E-state index contributed by atoms with van der Waals surface area (Å²) in [7, 11) is 0. The molecular formula is C11H11N3O3. The zero-order valence-corrected chi connectivity index (χ0v) is 8.96. The zero-order chi connectivity index (χ0) is 12.3. The summed E-state index contributed by atoms with van der Waals surface area (Å²) >= 11 is 0. The number of carboxylic acids is 1. The summed E-state index contributed by atoms with van der Waals surface area (Å²) in [5.41, 5.74) is 0.900. The number of hydrogen-bond donors (Lipinski definition) is 2. The molecule has 2 aromatic heterocycles. The van der Waals surface area contributed by atoms with E-state index in [-0.39, 0.29) is 18.6 Å². The minimum absolute atomic E-state index is 0.157. The summed E-state index contributed by atoms with van der Waals surface area (Å²) in [6, 6.07) is 6.65. The van der Waals surface area contributed by atoms with Gasteiger partial charge >= 0.3 is 5.97 Å². The normalized spacial score (nSPS) is 10.6. The molecule has 0 unspecified atom stereocenters. The lowest BCUT2D eigenvalue weighted by molar-refractivity contribution is -0.135. The van der Waals surface area contributed by atoms with E-state index in [9.17, 15) is 9.59 Å². The van der Waals surface area contributed by atoms with Crippen molar-refractivity contribution < 1.29 is 9.90 Å². The van der Waals surface area contributed by atoms with Crippen molar-refractivity contribution in [2.75, 3.05) is 6.54 Å². The maximum Gasteiger partial charge on any atom is 0.317 e. The molecule has 2 rings (SSSR count). The van der Waals surface area contributed by atoms with Gasteiger partial charge in [-0.2, -0.15) is 0 Å². The van der Waals surface area contributed by atoms with E-state index in [2.05, 4.69) is 10.3 Å². The van der Waals surface area contributed by atoms with Crippen molar-refractivity contribution in [3.63, 3.8) is 0 Å². The second-order valence-corrected chi connectivity index (χ2v) is 3.51. The van der Waals surface area contributed by atoms with Gasteiger partial charge in [-0.1, -0.05) is 6.07 Å². The number of carbonyl (C=O) groups is 1. The van der Waals surface area contributed by atoms with Crippen LogP contribution in [-0.4, -0.2) is 27.0 Å². The van der Waals surface area contributed by atoms with Gasteiger partial charge < -0.3 is 10.4 Å². The minimum Gasteiger partial charge on any atom is -0.480 e. The first kappa shape index (κ1) is 11.3. The van der Waals surface area contributed by atoms with Crippen LogP contribution in [0, 0.1) is 0 Å². The maximum atomic E-state index is 11.7. The molecule has 0 fully saturated rings. The fourth-order valence-electron chi connectivity index (χ4n) is 1.49. The Labute approximate surface area is 96.5 Å². The van der Waals surface area contributed by atoms with E-state index in [4.69, 9.17) is 5.11 Å². The standard InChI is InChI=1S/C11H11N3O3/c15-10-5-8(6-12-7-11(16)17)13-9-3-1-2-4-14(9)10/h1-5,12H,6-7H2,(H,16,17). The van der Waals surface area contributed by atoms with Crippen molar-refractivity contribution in [1.82, 2.24) is 14.7 Å². The molecule has 88 valence electrons. The van der Waals surface area contributed by atoms with Crippen molar-refractivity contribution in [2.24, 2.45) is 0 Å². The molecule has 0 bridgehead atoms. The number of aromatic nitrogens is 2. The maximum absolute atomic E-state index is 11.7. The lowest BCUT2D eigenvalue weighted by Crippen LogP contribution is -2.24. The number of aliphatic carboxylic acids is 1. The lowest BCUT2D eigenvalue weighted by Gasteiger charge is -2.03. The Balaban J connectivity index is 2.25. The van der Waals surface area contributed by atoms with Gasteiger partial charge in [0.1, 0.15) is 5.65 Å². The molecule has 17 heavy (non-hydrogen) atoms. The number of rotatable bonds is 4. The third kappa shape index (κ3) is 2.67. The number of nitrogens with one attached hydrogen (secondary N) is 1. The van der Waals surface area contributed by atoms with Crippen molar-refractivity contribution in [3.8, 4) is 0 Å². The fourth-order valence-corrected chi connectivity index (χ4v) is 1.49. The molecule has 0 amide bonds. The zero-order valence-electron chi connectivity index (χ0n) is 8.96. The van der Waals surface area contributed by atoms with Crippen LogP contribution in [0.2, 0.25) is 0 Å². The predicted molar refractivity (Wildman–Crippen MR) is 60.8 cm³/mol. The van der Waals surface area contributed by atoms with Gasteiger partial charge in [-0.3, -0.25) is 14.0 Å². The van der Waals surface area contributed by atoms with E-state index in [1.165, 1.54) is 10.5 Å². The van der Waals surface area contributed by atoms with Crippen LogP contribution in [0.25, 0.3) is 5.65 Å². The van der Waals surface area contributed by atoms with Crippen LogP contribution in [0.15, 0.2) is 35.3 Å². The average Bonchev–Trinajstić information content (AvgIpc) is 2.28. The third-order valence-corrected chi connectivity index (χ3v) is 2.21. The van der Waals surface area contributed by atoms with Crippen LogP contribution >= 0.6 is 0 Å². The number of carboxylic acid groups (broad SMARTS) is 1. The highest BCUT2D eigenvalue weighted by atomic mass is 16.4. The Bertz CT molecular complexity index is 606. The largest absolute Gasteiger partial charge is 0.480 e. The first-order chi connectivity index (χ1) is 8.16. The van der Waals surface area contributed by atoms with Crippen LogP contribution in [-0.2, 0) is 11.3 Å². The van der Waals surface area contributed by atoms with Crippen molar-refractivity contribution in [2.45, 2.75) is 6.54 Å². The Kier molecular flexibility index (Phi) is 3.15. The summed E-state index contributed by atoms with van der Waals surface area (Å²) in [4.78, 5) is 26.2. The minimum atomic E-state index is -0.942. The Hall–Kier alpha value is -2.21. The SMILES string of the molecule is O=C(O)CNCc1cc(=O)n2ccccc2n1. The third-order valence-electron chi connectivity index (χ3n) is 2.21. The number of fused-ring (bicyclic) bond motifs is 1. The summed E-state index contributed by atoms with van der Waals surface area (Å²) in [6.07, 6.45) is 1.64. The van der Waals surface area contributed by atoms with E-state index in [0.717, 1.165) is 0 Å². The first-order valence-electron chi connectivity index (χ1n) is 5.06. The highest BCUT2D eigenvalue weighted by Gasteiger charge is 2.02. The molecule has 2 aromatic rings. The van der Waals surface area contributed by atoms with Gasteiger partial charge in [-0.05, 0) is 12.1 Å². The highest BCUT2D eigenvalue weighted by Crippen LogP contribution is 1.98. The van der Waals surface area contributed by atoms with E-state index < -0.39 is 5.97 Å². The van der Waals surface area contributed by atoms with Gasteiger partial charge in [0.25, 0.3) is 5.56 Å². The summed E-state index contributed by atoms with van der Waals surface area (Å²) in [5, 5.41) is 11.2. The van der Waals surface area contributed by atoms with Gasteiger partial charge in [-0.15, -0.1) is 0 Å². The summed E-state index contributed by atoms with van der Waals surface area (Å²) in [5.74, 6) is -0.942. The smallest absolute Gasteiger partial charge is 0.317 e. The van der Waals surface area contributed by atoms with E-state index in [1.54, 1.807) is 24.4 Å². The number of hydrogen-bond acceptors (Lipinski definition) is 4. The molecule has 0 atom stereocenters. The number of pyridine rings is 1. The highest BCUT2D eigenvalue weighted by molar-refractivity contribution is 5.68. The van der Waals surface area contributed by atoms with Crippen molar-refractivity contribution >= 4 is 11.6 Å². The fraction of sp³-hybridized carbons (Fsp3) is 0.182. The second-order valence-electron chi connectivity index (χ2n) is 3.51. The molecule has 6 nitrogen and oxygen atoms in total. The predicted octanol–water partition coefficient (Wildman–Crippen LogP) is -0.131. The second kappa shape index (κ2) is 4.75. The van der Waals surface area contributed by atoms with E-state index in [0.29, 0.717) is 11.3 Å². The van der Waals surface area contributed by atoms with Gasteiger partial charge in [0.2, 0.25) is 0 Å². The molecule has 0 saturated heterocycles. The average molecular weight is 233 g/mol. The van der Waals surface area contributed by atoms with Crippen LogP contribution in [0.1, 0.15) is 5.69 Å². The molecular weight excluding hydrogens is 222 g/mol. The van der Waals surface area contributed by atoms with Crippen LogP contribution in [0.3, 0.4) is 0 Å². The van der Waals surface area contributed by atoms with Gasteiger partial charge in [-0.25, -0.2) is 4.98 Å². The Morgan fingerprint density at radius 2 is 2.29 bits per heavy atom. The summed E-state index contributed by atoms with van der Waals surface area (Å²) in [6.45, 7) is 0.1000. The molecule has 0 radical (unpaired) electrons. The van der Waals surface area contributed by atoms with Crippen LogP contribution < -0.4 is 10.9 Å². The molecule has 0 aliphatic heterocycles. The first-order valence-corrected chi connectivity index (χ1v) is 5.06. The van der Waals surface area contributed by atoms with Crippen molar-refractivity contribution in [3.05, 3.63) is 46.5 Å².